The van der Waals surface area contributed by atoms with Gasteiger partial charge in [0, 0.05) is 49.9 Å². The maximum atomic E-state index is 13.1. The third-order valence-electron chi connectivity index (χ3n) is 5.56. The van der Waals surface area contributed by atoms with E-state index in [2.05, 4.69) is 0 Å². The molecule has 10 heteroatoms. The van der Waals surface area contributed by atoms with E-state index in [-0.39, 0.29) is 24.2 Å². The quantitative estimate of drug-likeness (QED) is 0.477. The van der Waals surface area contributed by atoms with Gasteiger partial charge in [-0.05, 0) is 51.0 Å². The third kappa shape index (κ3) is 5.98. The topological polar surface area (TPSA) is 66.9 Å². The number of hydrogen-bond donors (Lipinski definition) is 0. The van der Waals surface area contributed by atoms with Crippen LogP contribution in [0.25, 0.3) is 0 Å². The Labute approximate surface area is 192 Å². The van der Waals surface area contributed by atoms with Crippen LogP contribution in [0, 0.1) is 0 Å². The molecule has 33 heavy (non-hydrogen) atoms. The maximum Gasteiger partial charge on any atom is 0.416 e. The van der Waals surface area contributed by atoms with Crippen LogP contribution in [0.2, 0.25) is 0 Å². The molecule has 1 fully saturated rings. The first-order valence-electron chi connectivity index (χ1n) is 10.7. The number of carbonyl (C=O) groups is 1. The number of alkyl halides is 3. The molecule has 2 aromatic carbocycles. The van der Waals surface area contributed by atoms with Gasteiger partial charge in [-0.2, -0.15) is 21.6 Å². The average Bonchev–Trinajstić information content (AvgIpc) is 3.58. The van der Waals surface area contributed by atoms with Crippen molar-refractivity contribution in [3.8, 4) is 5.75 Å². The number of halogens is 3. The van der Waals surface area contributed by atoms with E-state index in [0.717, 1.165) is 31.0 Å². The van der Waals surface area contributed by atoms with Crippen molar-refractivity contribution in [1.82, 2.24) is 4.90 Å². The van der Waals surface area contributed by atoms with Crippen LogP contribution in [0.4, 0.5) is 18.9 Å². The number of benzene rings is 2. The monoisotopic (exact) mass is 484 g/mol. The summed E-state index contributed by atoms with van der Waals surface area (Å²) in [6.45, 7) is 6.81. The van der Waals surface area contributed by atoms with E-state index in [4.69, 9.17) is 4.18 Å². The van der Waals surface area contributed by atoms with Gasteiger partial charge in [-0.15, -0.1) is 0 Å². The summed E-state index contributed by atoms with van der Waals surface area (Å²) in [7, 11) is -4.56. The van der Waals surface area contributed by atoms with Crippen LogP contribution in [-0.4, -0.2) is 38.4 Å². The van der Waals surface area contributed by atoms with Gasteiger partial charge >= 0.3 is 16.3 Å². The molecular weight excluding hydrogens is 457 g/mol. The minimum atomic E-state index is -4.69. The predicted octanol–water partition coefficient (Wildman–Crippen LogP) is 4.83. The first kappa shape index (κ1) is 24.9. The molecule has 1 aliphatic rings. The Hall–Kier alpha value is -2.75. The second-order valence-corrected chi connectivity index (χ2v) is 9.45. The van der Waals surface area contributed by atoms with Crippen LogP contribution in [0.15, 0.2) is 47.4 Å². The van der Waals surface area contributed by atoms with Crippen LogP contribution < -0.4 is 9.08 Å². The molecule has 0 bridgehead atoms. The number of rotatable bonds is 9. The van der Waals surface area contributed by atoms with Gasteiger partial charge in [0.05, 0.1) is 5.56 Å². The molecule has 0 unspecified atom stereocenters. The molecule has 1 saturated carbocycles. The fourth-order valence-corrected chi connectivity index (χ4v) is 4.60. The molecule has 0 heterocycles. The molecule has 180 valence electrons. The lowest BCUT2D eigenvalue weighted by atomic mass is 10.1. The Kier molecular flexibility index (Phi) is 7.26. The zero-order valence-corrected chi connectivity index (χ0v) is 19.5. The standard InChI is InChI=1S/C23H27F3N2O4S/c1-4-27(5-2)20-10-9-17(15-28(16(3)29)19-11-12-19)22(14-20)32-33(30,31)21-8-6-7-18(13-21)23(24,25)26/h6-10,13-14,19H,4-5,11-12,15H2,1-3H3. The Morgan fingerprint density at radius 1 is 1.09 bits per heavy atom. The molecule has 3 rings (SSSR count). The third-order valence-corrected chi connectivity index (χ3v) is 6.79. The average molecular weight is 485 g/mol. The molecule has 2 aromatic rings. The second kappa shape index (κ2) is 9.62. The summed E-state index contributed by atoms with van der Waals surface area (Å²) in [5.41, 5.74) is 0.0862. The number of amides is 1. The Balaban J connectivity index is 2.01. The van der Waals surface area contributed by atoms with E-state index in [9.17, 15) is 26.4 Å². The lowest BCUT2D eigenvalue weighted by molar-refractivity contribution is -0.137. The molecule has 0 spiro atoms. The van der Waals surface area contributed by atoms with Gasteiger partial charge < -0.3 is 14.0 Å². The van der Waals surface area contributed by atoms with Crippen molar-refractivity contribution in [1.29, 1.82) is 0 Å². The van der Waals surface area contributed by atoms with Crippen molar-refractivity contribution in [2.45, 2.75) is 57.3 Å². The normalized spacial score (nSPS) is 14.1. The highest BCUT2D eigenvalue weighted by Gasteiger charge is 2.33. The van der Waals surface area contributed by atoms with Gasteiger partial charge in [0.15, 0.2) is 0 Å². The van der Waals surface area contributed by atoms with Crippen molar-refractivity contribution in [3.05, 3.63) is 53.6 Å². The Bertz CT molecular complexity index is 1110. The number of carbonyl (C=O) groups excluding carboxylic acids is 1. The van der Waals surface area contributed by atoms with Gasteiger partial charge in [-0.3, -0.25) is 4.79 Å². The van der Waals surface area contributed by atoms with Crippen LogP contribution in [0.3, 0.4) is 0 Å². The molecule has 0 saturated heterocycles. The fraction of sp³-hybridized carbons (Fsp3) is 0.435. The molecule has 1 aliphatic carbocycles. The summed E-state index contributed by atoms with van der Waals surface area (Å²) >= 11 is 0. The van der Waals surface area contributed by atoms with Gasteiger partial charge in [-0.1, -0.05) is 12.1 Å². The van der Waals surface area contributed by atoms with Crippen LogP contribution in [-0.2, 0) is 27.6 Å². The van der Waals surface area contributed by atoms with Crippen LogP contribution in [0.1, 0.15) is 44.7 Å². The Morgan fingerprint density at radius 2 is 1.76 bits per heavy atom. The molecule has 0 radical (unpaired) electrons. The molecule has 0 aliphatic heterocycles. The Morgan fingerprint density at radius 3 is 2.30 bits per heavy atom. The summed E-state index contributed by atoms with van der Waals surface area (Å²) in [5.74, 6) is -0.152. The first-order valence-corrected chi connectivity index (χ1v) is 12.1. The smallest absolute Gasteiger partial charge is 0.379 e. The van der Waals surface area contributed by atoms with E-state index in [0.29, 0.717) is 30.4 Å². The van der Waals surface area contributed by atoms with Crippen LogP contribution in [0.5, 0.6) is 5.75 Å². The molecule has 0 aromatic heterocycles. The first-order chi connectivity index (χ1) is 15.5. The highest BCUT2D eigenvalue weighted by Crippen LogP contribution is 2.35. The molecular formula is C23H27F3N2O4S. The minimum Gasteiger partial charge on any atom is -0.379 e. The summed E-state index contributed by atoms with van der Waals surface area (Å²) in [6.07, 6.45) is -2.95. The highest BCUT2D eigenvalue weighted by atomic mass is 32.2. The van der Waals surface area contributed by atoms with Gasteiger partial charge in [0.1, 0.15) is 10.6 Å². The summed E-state index contributed by atoms with van der Waals surface area (Å²) < 4.78 is 70.5. The van der Waals surface area contributed by atoms with Gasteiger partial charge in [0.25, 0.3) is 0 Å². The van der Waals surface area contributed by atoms with E-state index in [1.165, 1.54) is 6.92 Å². The highest BCUT2D eigenvalue weighted by molar-refractivity contribution is 7.87. The lowest BCUT2D eigenvalue weighted by Crippen LogP contribution is -2.30. The zero-order chi connectivity index (χ0) is 24.4. The fourth-order valence-electron chi connectivity index (χ4n) is 3.60. The largest absolute Gasteiger partial charge is 0.416 e. The van der Waals surface area contributed by atoms with E-state index < -0.39 is 26.8 Å². The van der Waals surface area contributed by atoms with E-state index in [1.54, 1.807) is 17.0 Å². The number of anilines is 1. The zero-order valence-electron chi connectivity index (χ0n) is 18.7. The molecule has 0 atom stereocenters. The predicted molar refractivity (Wildman–Crippen MR) is 119 cm³/mol. The summed E-state index contributed by atoms with van der Waals surface area (Å²) in [5, 5.41) is 0. The van der Waals surface area contributed by atoms with Crippen molar-refractivity contribution in [2.24, 2.45) is 0 Å². The van der Waals surface area contributed by atoms with E-state index in [1.807, 2.05) is 24.8 Å². The van der Waals surface area contributed by atoms with Gasteiger partial charge in [-0.25, -0.2) is 0 Å². The second-order valence-electron chi connectivity index (χ2n) is 7.91. The number of nitrogens with zero attached hydrogens (tertiary/aromatic N) is 2. The maximum absolute atomic E-state index is 13.1. The summed E-state index contributed by atoms with van der Waals surface area (Å²) in [6, 6.07) is 8.60. The van der Waals surface area contributed by atoms with Crippen molar-refractivity contribution in [3.63, 3.8) is 0 Å². The molecule has 6 nitrogen and oxygen atoms in total. The SMILES string of the molecule is CCN(CC)c1ccc(CN(C(C)=O)C2CC2)c(OS(=O)(=O)c2cccc(C(F)(F)F)c2)c1. The number of hydrogen-bond acceptors (Lipinski definition) is 5. The lowest BCUT2D eigenvalue weighted by Gasteiger charge is -2.25. The van der Waals surface area contributed by atoms with Crippen LogP contribution >= 0.6 is 0 Å². The van der Waals surface area contributed by atoms with Gasteiger partial charge in [0.2, 0.25) is 5.91 Å². The van der Waals surface area contributed by atoms with Crippen molar-refractivity contribution >= 4 is 21.7 Å². The summed E-state index contributed by atoms with van der Waals surface area (Å²) in [4.78, 5) is 15.1. The molecule has 0 N–H and O–H groups in total. The van der Waals surface area contributed by atoms with E-state index >= 15 is 0 Å². The molecule has 1 amide bonds. The van der Waals surface area contributed by atoms with Crippen molar-refractivity contribution < 1.29 is 30.6 Å². The minimum absolute atomic E-state index is 0.0105. The van der Waals surface area contributed by atoms with Crippen molar-refractivity contribution in [2.75, 3.05) is 18.0 Å².